The summed E-state index contributed by atoms with van der Waals surface area (Å²) in [5, 5.41) is 8.52. The molecule has 0 atom stereocenters. The van der Waals surface area contributed by atoms with Crippen molar-refractivity contribution in [1.29, 1.82) is 0 Å². The molecule has 0 aromatic heterocycles. The second-order valence-electron chi connectivity index (χ2n) is 4.00. The first-order chi connectivity index (χ1) is 9.65. The Bertz CT molecular complexity index is 627. The van der Waals surface area contributed by atoms with Crippen molar-refractivity contribution in [2.45, 2.75) is 0 Å². The fourth-order valence-corrected chi connectivity index (χ4v) is 1.55. The lowest BCUT2D eigenvalue weighted by Gasteiger charge is -2.04. The molecule has 20 heavy (non-hydrogen) atoms. The molecule has 2 rings (SSSR count). The Morgan fingerprint density at radius 3 is 2.20 bits per heavy atom. The topological polar surface area (TPSA) is 63.6 Å². The maximum atomic E-state index is 11.8. The largest absolute Gasteiger partial charge is 0.478 e. The van der Waals surface area contributed by atoms with Gasteiger partial charge in [-0.2, -0.15) is 0 Å². The Balaban J connectivity index is 2.04. The first kappa shape index (κ1) is 13.5. The predicted octanol–water partition coefficient (Wildman–Crippen LogP) is 3.00. The maximum Gasteiger partial charge on any atom is 0.343 e. The van der Waals surface area contributed by atoms with Crippen LogP contribution in [0.5, 0.6) is 5.75 Å². The zero-order valence-electron chi connectivity index (χ0n) is 10.5. The highest BCUT2D eigenvalue weighted by molar-refractivity contribution is 5.91. The Kier molecular flexibility index (Phi) is 4.29. The number of carbonyl (C=O) groups is 2. The van der Waals surface area contributed by atoms with Gasteiger partial charge in [-0.25, -0.2) is 9.59 Å². The molecule has 0 heterocycles. The van der Waals surface area contributed by atoms with Crippen LogP contribution in [-0.4, -0.2) is 17.0 Å². The maximum absolute atomic E-state index is 11.8. The molecule has 0 radical (unpaired) electrons. The molecule has 0 aliphatic rings. The number of aliphatic carboxylic acids is 1. The van der Waals surface area contributed by atoms with Crippen LogP contribution in [-0.2, 0) is 4.79 Å². The molecule has 2 aromatic rings. The van der Waals surface area contributed by atoms with Crippen LogP contribution in [0.4, 0.5) is 0 Å². The fourth-order valence-electron chi connectivity index (χ4n) is 1.55. The monoisotopic (exact) mass is 268 g/mol. The van der Waals surface area contributed by atoms with Crippen LogP contribution in [0.15, 0.2) is 60.7 Å². The van der Waals surface area contributed by atoms with Gasteiger partial charge >= 0.3 is 11.9 Å². The molecular formula is C16H12O4. The van der Waals surface area contributed by atoms with Crippen LogP contribution in [0.2, 0.25) is 0 Å². The van der Waals surface area contributed by atoms with E-state index in [-0.39, 0.29) is 0 Å². The van der Waals surface area contributed by atoms with E-state index in [1.54, 1.807) is 48.5 Å². The number of esters is 1. The fraction of sp³-hybridized carbons (Fsp3) is 0. The molecule has 0 unspecified atom stereocenters. The smallest absolute Gasteiger partial charge is 0.343 e. The molecule has 2 aromatic carbocycles. The summed E-state index contributed by atoms with van der Waals surface area (Å²) in [6.07, 6.45) is 2.51. The third-order valence-corrected chi connectivity index (χ3v) is 2.52. The number of benzene rings is 2. The number of rotatable bonds is 4. The second kappa shape index (κ2) is 6.33. The van der Waals surface area contributed by atoms with Crippen molar-refractivity contribution in [2.75, 3.05) is 0 Å². The third kappa shape index (κ3) is 3.81. The van der Waals surface area contributed by atoms with Crippen LogP contribution >= 0.6 is 0 Å². The van der Waals surface area contributed by atoms with Crippen molar-refractivity contribution in [1.82, 2.24) is 0 Å². The van der Waals surface area contributed by atoms with Crippen LogP contribution in [0.1, 0.15) is 15.9 Å². The molecule has 0 fully saturated rings. The molecule has 0 amide bonds. The number of ether oxygens (including phenoxy) is 1. The highest BCUT2D eigenvalue weighted by Gasteiger charge is 2.07. The number of carboxylic acid groups (broad SMARTS) is 1. The Morgan fingerprint density at radius 2 is 1.60 bits per heavy atom. The quantitative estimate of drug-likeness (QED) is 0.526. The predicted molar refractivity (Wildman–Crippen MR) is 74.5 cm³/mol. The van der Waals surface area contributed by atoms with Gasteiger partial charge in [-0.3, -0.25) is 0 Å². The third-order valence-electron chi connectivity index (χ3n) is 2.52. The molecule has 0 bridgehead atoms. The first-order valence-corrected chi connectivity index (χ1v) is 5.93. The van der Waals surface area contributed by atoms with Crippen molar-refractivity contribution in [3.8, 4) is 5.75 Å². The summed E-state index contributed by atoms with van der Waals surface area (Å²) in [6, 6.07) is 15.3. The van der Waals surface area contributed by atoms with E-state index in [0.29, 0.717) is 16.9 Å². The number of carbonyl (C=O) groups excluding carboxylic acids is 1. The lowest BCUT2D eigenvalue weighted by molar-refractivity contribution is -0.131. The molecule has 4 heteroatoms. The molecular weight excluding hydrogens is 256 g/mol. The molecule has 0 saturated carbocycles. The minimum atomic E-state index is -1.01. The van der Waals surface area contributed by atoms with Crippen LogP contribution < -0.4 is 4.74 Å². The van der Waals surface area contributed by atoms with Gasteiger partial charge in [-0.05, 0) is 35.9 Å². The zero-order valence-corrected chi connectivity index (χ0v) is 10.5. The number of carboxylic acids is 1. The number of hydrogen-bond acceptors (Lipinski definition) is 3. The van der Waals surface area contributed by atoms with E-state index in [2.05, 4.69) is 0 Å². The van der Waals surface area contributed by atoms with Gasteiger partial charge in [-0.15, -0.1) is 0 Å². The zero-order chi connectivity index (χ0) is 14.4. The molecule has 1 N–H and O–H groups in total. The summed E-state index contributed by atoms with van der Waals surface area (Å²) in [4.78, 5) is 22.2. The minimum Gasteiger partial charge on any atom is -0.478 e. The first-order valence-electron chi connectivity index (χ1n) is 5.93. The van der Waals surface area contributed by atoms with Crippen LogP contribution in [0.3, 0.4) is 0 Å². The van der Waals surface area contributed by atoms with Gasteiger partial charge in [0.15, 0.2) is 0 Å². The van der Waals surface area contributed by atoms with Gasteiger partial charge in [-0.1, -0.05) is 30.3 Å². The van der Waals surface area contributed by atoms with Gasteiger partial charge in [0.05, 0.1) is 5.56 Å². The molecule has 0 aliphatic heterocycles. The van der Waals surface area contributed by atoms with Gasteiger partial charge in [0, 0.05) is 6.08 Å². The van der Waals surface area contributed by atoms with E-state index in [1.165, 1.54) is 6.08 Å². The summed E-state index contributed by atoms with van der Waals surface area (Å²) in [5.74, 6) is -1.03. The number of hydrogen-bond donors (Lipinski definition) is 1. The van der Waals surface area contributed by atoms with E-state index in [9.17, 15) is 9.59 Å². The van der Waals surface area contributed by atoms with Gasteiger partial charge in [0.25, 0.3) is 0 Å². The second-order valence-corrected chi connectivity index (χ2v) is 4.00. The Hall–Kier alpha value is -2.88. The van der Waals surface area contributed by atoms with Crippen LogP contribution in [0.25, 0.3) is 6.08 Å². The summed E-state index contributed by atoms with van der Waals surface area (Å²) in [7, 11) is 0. The van der Waals surface area contributed by atoms with Crippen molar-refractivity contribution >= 4 is 18.0 Å². The SMILES string of the molecule is O=C(O)/C=C/c1ccc(OC(=O)c2ccccc2)cc1. The van der Waals surface area contributed by atoms with Crippen molar-refractivity contribution in [3.05, 3.63) is 71.8 Å². The highest BCUT2D eigenvalue weighted by atomic mass is 16.5. The molecule has 100 valence electrons. The van der Waals surface area contributed by atoms with E-state index >= 15 is 0 Å². The molecule has 0 aliphatic carbocycles. The van der Waals surface area contributed by atoms with E-state index in [0.717, 1.165) is 6.08 Å². The summed E-state index contributed by atoms with van der Waals surface area (Å²) < 4.78 is 5.20. The highest BCUT2D eigenvalue weighted by Crippen LogP contribution is 2.15. The standard InChI is InChI=1S/C16H12O4/c17-15(18)11-8-12-6-9-14(10-7-12)20-16(19)13-4-2-1-3-5-13/h1-11H,(H,17,18)/b11-8+. The Labute approximate surface area is 115 Å². The van der Waals surface area contributed by atoms with Crippen LogP contribution in [0, 0.1) is 0 Å². The van der Waals surface area contributed by atoms with Crippen molar-refractivity contribution in [3.63, 3.8) is 0 Å². The summed E-state index contributed by atoms with van der Waals surface area (Å²) in [6.45, 7) is 0. The van der Waals surface area contributed by atoms with Gasteiger partial charge < -0.3 is 9.84 Å². The molecule has 0 spiro atoms. The normalized spacial score (nSPS) is 10.4. The average Bonchev–Trinajstić information content (AvgIpc) is 2.47. The summed E-state index contributed by atoms with van der Waals surface area (Å²) in [5.41, 5.74) is 1.19. The van der Waals surface area contributed by atoms with E-state index in [4.69, 9.17) is 9.84 Å². The lowest BCUT2D eigenvalue weighted by atomic mass is 10.2. The average molecular weight is 268 g/mol. The minimum absolute atomic E-state index is 0.409. The lowest BCUT2D eigenvalue weighted by Crippen LogP contribution is -2.07. The molecule has 4 nitrogen and oxygen atoms in total. The summed E-state index contributed by atoms with van der Waals surface area (Å²) >= 11 is 0. The van der Waals surface area contributed by atoms with Gasteiger partial charge in [0.1, 0.15) is 5.75 Å². The van der Waals surface area contributed by atoms with Crippen molar-refractivity contribution < 1.29 is 19.4 Å². The van der Waals surface area contributed by atoms with Crippen molar-refractivity contribution in [2.24, 2.45) is 0 Å². The van der Waals surface area contributed by atoms with E-state index < -0.39 is 11.9 Å². The Morgan fingerprint density at radius 1 is 0.950 bits per heavy atom. The van der Waals surface area contributed by atoms with E-state index in [1.807, 2.05) is 6.07 Å². The van der Waals surface area contributed by atoms with Gasteiger partial charge in [0.2, 0.25) is 0 Å². The molecule has 0 saturated heterocycles.